The Balaban J connectivity index is 1.76. The van der Waals surface area contributed by atoms with Crippen LogP contribution < -0.4 is 9.78 Å². The van der Waals surface area contributed by atoms with Gasteiger partial charge in [0.2, 0.25) is 0 Å². The Morgan fingerprint density at radius 2 is 1.46 bits per heavy atom. The van der Waals surface area contributed by atoms with E-state index in [1.165, 1.54) is 0 Å². The average Bonchev–Trinajstić information content (AvgIpc) is 2.75. The molecule has 9 nitrogen and oxygen atoms in total. The second kappa shape index (κ2) is 3.49. The second-order valence-electron chi connectivity index (χ2n) is 1.72. The van der Waals surface area contributed by atoms with Crippen LogP contribution in [0.1, 0.15) is 0 Å². The van der Waals surface area contributed by atoms with Crippen molar-refractivity contribution in [3.63, 3.8) is 0 Å². The maximum absolute atomic E-state index is 4.42. The number of hydrogen-bond donors (Lipinski definition) is 0. The zero-order valence-electron chi connectivity index (χ0n) is 5.98. The molecule has 0 aliphatic carbocycles. The molecule has 0 saturated heterocycles. The van der Waals surface area contributed by atoms with Gasteiger partial charge in [0.15, 0.2) is 12.5 Å². The van der Waals surface area contributed by atoms with E-state index in [1.807, 2.05) is 0 Å². The van der Waals surface area contributed by atoms with Crippen molar-refractivity contribution in [2.75, 3.05) is 0 Å². The van der Waals surface area contributed by atoms with E-state index in [-0.39, 0.29) is 11.8 Å². The van der Waals surface area contributed by atoms with Crippen LogP contribution in [0.4, 0.5) is 0 Å². The maximum atomic E-state index is 4.42. The molecule has 9 heteroatoms. The standard InChI is InChI=1S/C4H2N4O5/c1-3(5-7-9-1)11-13-12-4-2-10-8-6-4/h1-2H. The molecule has 0 aromatic carbocycles. The molecule has 13 heavy (non-hydrogen) atoms. The van der Waals surface area contributed by atoms with Crippen molar-refractivity contribution in [3.8, 4) is 11.8 Å². The van der Waals surface area contributed by atoms with Crippen molar-refractivity contribution in [1.29, 1.82) is 0 Å². The second-order valence-corrected chi connectivity index (χ2v) is 1.72. The highest BCUT2D eigenvalue weighted by molar-refractivity contribution is 4.94. The molecule has 0 atom stereocenters. The van der Waals surface area contributed by atoms with Gasteiger partial charge in [-0.25, -0.2) is 0 Å². The fourth-order valence-electron chi connectivity index (χ4n) is 0.471. The van der Waals surface area contributed by atoms with Crippen LogP contribution >= 0.6 is 0 Å². The number of nitrogens with zero attached hydrogens (tertiary/aromatic N) is 4. The van der Waals surface area contributed by atoms with Gasteiger partial charge in [-0.1, -0.05) is 10.2 Å². The first-order valence-corrected chi connectivity index (χ1v) is 3.00. The average molecular weight is 186 g/mol. The minimum absolute atomic E-state index is 0.0106. The summed E-state index contributed by atoms with van der Waals surface area (Å²) in [7, 11) is 0. The molecule has 0 aliphatic rings. The molecular weight excluding hydrogens is 184 g/mol. The summed E-state index contributed by atoms with van der Waals surface area (Å²) in [5, 5.41) is 17.1. The minimum Gasteiger partial charge on any atom is -0.341 e. The van der Waals surface area contributed by atoms with Gasteiger partial charge in [-0.15, -0.1) is 0 Å². The zero-order chi connectivity index (χ0) is 8.93. The van der Waals surface area contributed by atoms with Gasteiger partial charge >= 0.3 is 11.8 Å². The summed E-state index contributed by atoms with van der Waals surface area (Å²) in [6.07, 6.45) is 2.23. The van der Waals surface area contributed by atoms with Crippen LogP contribution in [0.25, 0.3) is 0 Å². The number of hydrogen-bond acceptors (Lipinski definition) is 9. The van der Waals surface area contributed by atoms with Crippen LogP contribution in [0.5, 0.6) is 11.8 Å². The summed E-state index contributed by atoms with van der Waals surface area (Å²) < 4.78 is 8.67. The van der Waals surface area contributed by atoms with Crippen molar-refractivity contribution in [2.24, 2.45) is 0 Å². The third-order valence-electron chi connectivity index (χ3n) is 0.919. The van der Waals surface area contributed by atoms with Crippen molar-refractivity contribution in [1.82, 2.24) is 20.7 Å². The summed E-state index contributed by atoms with van der Waals surface area (Å²) in [5.74, 6) is 0.0212. The molecule has 2 rings (SSSR count). The minimum atomic E-state index is 0.0106. The Morgan fingerprint density at radius 3 is 1.85 bits per heavy atom. The summed E-state index contributed by atoms with van der Waals surface area (Å²) in [6.45, 7) is 0. The maximum Gasteiger partial charge on any atom is 0.320 e. The van der Waals surface area contributed by atoms with Crippen molar-refractivity contribution in [2.45, 2.75) is 0 Å². The third kappa shape index (κ3) is 1.90. The molecule has 0 unspecified atom stereocenters. The molecule has 0 aliphatic heterocycles. The van der Waals surface area contributed by atoms with Crippen LogP contribution in [0, 0.1) is 0 Å². The smallest absolute Gasteiger partial charge is 0.320 e. The quantitative estimate of drug-likeness (QED) is 0.472. The highest BCUT2D eigenvalue weighted by Gasteiger charge is 2.03. The van der Waals surface area contributed by atoms with E-state index in [0.717, 1.165) is 12.5 Å². The highest BCUT2D eigenvalue weighted by Crippen LogP contribution is 2.06. The lowest BCUT2D eigenvalue weighted by Crippen LogP contribution is -2.02. The zero-order valence-corrected chi connectivity index (χ0v) is 5.98. The van der Waals surface area contributed by atoms with Crippen LogP contribution in [0.15, 0.2) is 21.6 Å². The molecule has 2 aromatic heterocycles. The van der Waals surface area contributed by atoms with Gasteiger partial charge in [-0.2, -0.15) is 0 Å². The van der Waals surface area contributed by atoms with E-state index in [4.69, 9.17) is 0 Å². The first kappa shape index (κ1) is 7.49. The molecular formula is C4H2N4O5. The summed E-state index contributed by atoms with van der Waals surface area (Å²) in [5.41, 5.74) is 0. The van der Waals surface area contributed by atoms with Gasteiger partial charge in [-0.05, 0) is 0 Å². The summed E-state index contributed by atoms with van der Waals surface area (Å²) in [4.78, 5) is 8.84. The lowest BCUT2D eigenvalue weighted by atomic mass is 10.9. The lowest BCUT2D eigenvalue weighted by Gasteiger charge is -1.94. The van der Waals surface area contributed by atoms with E-state index in [1.54, 1.807) is 0 Å². The van der Waals surface area contributed by atoms with Gasteiger partial charge in [0, 0.05) is 15.6 Å². The molecule has 0 N–H and O–H groups in total. The normalized spacial score (nSPS) is 9.85. The number of aromatic nitrogens is 4. The monoisotopic (exact) mass is 186 g/mol. The Labute approximate surface area is 70.0 Å². The van der Waals surface area contributed by atoms with E-state index in [2.05, 4.69) is 44.6 Å². The van der Waals surface area contributed by atoms with Gasteiger partial charge in [0.05, 0.1) is 0 Å². The van der Waals surface area contributed by atoms with E-state index in [9.17, 15) is 0 Å². The fraction of sp³-hybridized carbons (Fsp3) is 0. The van der Waals surface area contributed by atoms with E-state index in [0.29, 0.717) is 0 Å². The lowest BCUT2D eigenvalue weighted by molar-refractivity contribution is -0.414. The molecule has 0 fully saturated rings. The van der Waals surface area contributed by atoms with Gasteiger partial charge in [-0.3, -0.25) is 9.78 Å². The van der Waals surface area contributed by atoms with Gasteiger partial charge in [0.25, 0.3) is 0 Å². The van der Waals surface area contributed by atoms with Crippen LogP contribution in [0.3, 0.4) is 0 Å². The Hall–Kier alpha value is -2.16. The predicted molar refractivity (Wildman–Crippen MR) is 30.9 cm³/mol. The predicted octanol–water partition coefficient (Wildman–Crippen LogP) is -0.243. The first-order chi connectivity index (χ1) is 6.45. The van der Waals surface area contributed by atoms with E-state index >= 15 is 0 Å². The van der Waals surface area contributed by atoms with Crippen LogP contribution in [0.2, 0.25) is 0 Å². The molecule has 68 valence electrons. The van der Waals surface area contributed by atoms with Crippen molar-refractivity contribution >= 4 is 0 Å². The molecule has 0 saturated carbocycles. The van der Waals surface area contributed by atoms with Crippen LogP contribution in [-0.2, 0) is 5.04 Å². The molecule has 2 aromatic rings. The van der Waals surface area contributed by atoms with Crippen molar-refractivity contribution in [3.05, 3.63) is 12.5 Å². The van der Waals surface area contributed by atoms with Crippen molar-refractivity contribution < 1.29 is 23.9 Å². The van der Waals surface area contributed by atoms with Crippen LogP contribution in [-0.4, -0.2) is 20.7 Å². The molecule has 0 radical (unpaired) electrons. The highest BCUT2D eigenvalue weighted by atomic mass is 17.5. The Morgan fingerprint density at radius 1 is 0.923 bits per heavy atom. The summed E-state index contributed by atoms with van der Waals surface area (Å²) in [6, 6.07) is 0. The third-order valence-corrected chi connectivity index (χ3v) is 0.919. The summed E-state index contributed by atoms with van der Waals surface area (Å²) >= 11 is 0. The topological polar surface area (TPSA) is 106 Å². The molecule has 0 spiro atoms. The molecule has 0 bridgehead atoms. The largest absolute Gasteiger partial charge is 0.341 e. The Bertz CT molecular complexity index is 297. The fourth-order valence-corrected chi connectivity index (χ4v) is 0.471. The van der Waals surface area contributed by atoms with Gasteiger partial charge < -0.3 is 9.05 Å². The molecule has 0 amide bonds. The van der Waals surface area contributed by atoms with Gasteiger partial charge in [0.1, 0.15) is 0 Å². The van der Waals surface area contributed by atoms with E-state index < -0.39 is 0 Å². The first-order valence-electron chi connectivity index (χ1n) is 3.00. The molecule has 2 heterocycles. The number of rotatable bonds is 4. The Kier molecular flexibility index (Phi) is 2.01. The SMILES string of the molecule is c1onnc1OOOc1conn1.